The largest absolute Gasteiger partial charge is 0.322 e. The third-order valence-electron chi connectivity index (χ3n) is 3.52. The van der Waals surface area contributed by atoms with Gasteiger partial charge in [-0.05, 0) is 54.6 Å². The molecule has 0 aromatic heterocycles. The number of amides is 2. The lowest BCUT2D eigenvalue weighted by Gasteiger charge is -2.08. The minimum absolute atomic E-state index is 0.175. The van der Waals surface area contributed by atoms with Gasteiger partial charge in [-0.1, -0.05) is 40.2 Å². The van der Waals surface area contributed by atoms with Crippen molar-refractivity contribution in [2.24, 2.45) is 0 Å². The summed E-state index contributed by atoms with van der Waals surface area (Å²) < 4.78 is 0.846. The molecular weight excluding hydrogens is 380 g/mol. The van der Waals surface area contributed by atoms with Crippen LogP contribution < -0.4 is 10.6 Å². The van der Waals surface area contributed by atoms with Crippen LogP contribution in [-0.4, -0.2) is 11.8 Å². The van der Waals surface area contributed by atoms with E-state index in [4.69, 9.17) is 0 Å². The van der Waals surface area contributed by atoms with Crippen molar-refractivity contribution in [1.29, 1.82) is 0 Å². The second-order valence-electron chi connectivity index (χ2n) is 5.36. The maximum absolute atomic E-state index is 12.2. The summed E-state index contributed by atoms with van der Waals surface area (Å²) in [6, 6.07) is 23.1. The molecule has 0 fully saturated rings. The van der Waals surface area contributed by atoms with Crippen LogP contribution in [0.3, 0.4) is 0 Å². The molecule has 3 rings (SSSR count). The number of rotatable bonds is 4. The fraction of sp³-hybridized carbons (Fsp3) is 0. The van der Waals surface area contributed by atoms with Crippen LogP contribution in [0, 0.1) is 0 Å². The van der Waals surface area contributed by atoms with Crippen LogP contribution >= 0.6 is 15.9 Å². The molecule has 2 amide bonds. The minimum Gasteiger partial charge on any atom is -0.322 e. The SMILES string of the molecule is O=C(Nc1ccc(NC(=O)c2cccc(Br)c2)cc1)c1ccccc1. The van der Waals surface area contributed by atoms with Crippen LogP contribution in [0.25, 0.3) is 0 Å². The fourth-order valence-corrected chi connectivity index (χ4v) is 2.66. The van der Waals surface area contributed by atoms with E-state index in [2.05, 4.69) is 26.6 Å². The number of anilines is 2. The summed E-state index contributed by atoms with van der Waals surface area (Å²) in [5, 5.41) is 5.65. The molecule has 5 heteroatoms. The second kappa shape index (κ2) is 7.77. The van der Waals surface area contributed by atoms with Crippen LogP contribution in [-0.2, 0) is 0 Å². The van der Waals surface area contributed by atoms with E-state index >= 15 is 0 Å². The summed E-state index contributed by atoms with van der Waals surface area (Å²) in [7, 11) is 0. The van der Waals surface area contributed by atoms with E-state index in [1.54, 1.807) is 54.6 Å². The first-order chi connectivity index (χ1) is 12.1. The lowest BCUT2D eigenvalue weighted by molar-refractivity contribution is 0.101. The molecule has 0 aliphatic carbocycles. The van der Waals surface area contributed by atoms with Crippen molar-refractivity contribution in [1.82, 2.24) is 0 Å². The molecule has 0 bridgehead atoms. The van der Waals surface area contributed by atoms with Crippen molar-refractivity contribution in [2.75, 3.05) is 10.6 Å². The van der Waals surface area contributed by atoms with E-state index in [-0.39, 0.29) is 11.8 Å². The molecule has 3 aromatic carbocycles. The van der Waals surface area contributed by atoms with Gasteiger partial charge in [0.15, 0.2) is 0 Å². The van der Waals surface area contributed by atoms with Gasteiger partial charge >= 0.3 is 0 Å². The van der Waals surface area contributed by atoms with Crippen molar-refractivity contribution >= 4 is 39.1 Å². The van der Waals surface area contributed by atoms with Gasteiger partial charge in [-0.15, -0.1) is 0 Å². The molecule has 4 nitrogen and oxygen atoms in total. The van der Waals surface area contributed by atoms with E-state index in [0.717, 1.165) is 4.47 Å². The van der Waals surface area contributed by atoms with Gasteiger partial charge in [-0.25, -0.2) is 0 Å². The molecule has 0 atom stereocenters. The third kappa shape index (κ3) is 4.55. The minimum atomic E-state index is -0.192. The lowest BCUT2D eigenvalue weighted by atomic mass is 10.2. The highest BCUT2D eigenvalue weighted by molar-refractivity contribution is 9.10. The molecule has 0 unspecified atom stereocenters. The van der Waals surface area contributed by atoms with Crippen molar-refractivity contribution in [3.63, 3.8) is 0 Å². The molecule has 0 saturated heterocycles. The summed E-state index contributed by atoms with van der Waals surface area (Å²) in [5.74, 6) is -0.367. The van der Waals surface area contributed by atoms with Crippen LogP contribution in [0.15, 0.2) is 83.3 Å². The van der Waals surface area contributed by atoms with E-state index in [1.165, 1.54) is 0 Å². The summed E-state index contributed by atoms with van der Waals surface area (Å²) in [6.07, 6.45) is 0. The Morgan fingerprint density at radius 3 is 1.72 bits per heavy atom. The van der Waals surface area contributed by atoms with E-state index < -0.39 is 0 Å². The zero-order chi connectivity index (χ0) is 17.6. The predicted molar refractivity (Wildman–Crippen MR) is 103 cm³/mol. The topological polar surface area (TPSA) is 58.2 Å². The maximum Gasteiger partial charge on any atom is 0.255 e. The Hall–Kier alpha value is -2.92. The van der Waals surface area contributed by atoms with Gasteiger partial charge in [-0.3, -0.25) is 9.59 Å². The summed E-state index contributed by atoms with van der Waals surface area (Å²) in [6.45, 7) is 0. The number of carbonyl (C=O) groups excluding carboxylic acids is 2. The number of nitrogens with one attached hydrogen (secondary N) is 2. The van der Waals surface area contributed by atoms with Gasteiger partial charge < -0.3 is 10.6 Å². The molecule has 3 aromatic rings. The molecule has 2 N–H and O–H groups in total. The third-order valence-corrected chi connectivity index (χ3v) is 4.02. The Morgan fingerprint density at radius 1 is 0.640 bits per heavy atom. The van der Waals surface area contributed by atoms with Crippen LogP contribution in [0.5, 0.6) is 0 Å². The highest BCUT2D eigenvalue weighted by Gasteiger charge is 2.08. The van der Waals surface area contributed by atoms with Crippen molar-refractivity contribution < 1.29 is 9.59 Å². The van der Waals surface area contributed by atoms with Crippen LogP contribution in [0.2, 0.25) is 0 Å². The first-order valence-corrected chi connectivity index (χ1v) is 8.44. The van der Waals surface area contributed by atoms with Gasteiger partial charge in [0, 0.05) is 27.0 Å². The Bertz CT molecular complexity index is 893. The van der Waals surface area contributed by atoms with Gasteiger partial charge in [0.1, 0.15) is 0 Å². The number of benzene rings is 3. The molecule has 124 valence electrons. The standard InChI is InChI=1S/C20H15BrN2O2/c21-16-8-4-7-15(13-16)20(25)23-18-11-9-17(10-12-18)22-19(24)14-5-2-1-3-6-14/h1-13H,(H,22,24)(H,23,25). The molecule has 0 heterocycles. The van der Waals surface area contributed by atoms with E-state index in [0.29, 0.717) is 22.5 Å². The Balaban J connectivity index is 1.64. The van der Waals surface area contributed by atoms with Crippen LogP contribution in [0.4, 0.5) is 11.4 Å². The van der Waals surface area contributed by atoms with E-state index in [1.807, 2.05) is 24.3 Å². The smallest absolute Gasteiger partial charge is 0.255 e. The first-order valence-electron chi connectivity index (χ1n) is 7.65. The first kappa shape index (κ1) is 16.9. The lowest BCUT2D eigenvalue weighted by Crippen LogP contribution is -2.13. The summed E-state index contributed by atoms with van der Waals surface area (Å²) >= 11 is 3.35. The summed E-state index contributed by atoms with van der Waals surface area (Å²) in [5.41, 5.74) is 2.47. The van der Waals surface area contributed by atoms with Crippen molar-refractivity contribution in [3.8, 4) is 0 Å². The monoisotopic (exact) mass is 394 g/mol. The highest BCUT2D eigenvalue weighted by Crippen LogP contribution is 2.17. The molecule has 25 heavy (non-hydrogen) atoms. The Morgan fingerprint density at radius 2 is 1.16 bits per heavy atom. The molecule has 0 saturated carbocycles. The molecule has 0 aliphatic rings. The predicted octanol–water partition coefficient (Wildman–Crippen LogP) is 4.95. The van der Waals surface area contributed by atoms with Gasteiger partial charge in [0.05, 0.1) is 0 Å². The average molecular weight is 395 g/mol. The maximum atomic E-state index is 12.2. The van der Waals surface area contributed by atoms with Crippen LogP contribution in [0.1, 0.15) is 20.7 Å². The Labute approximate surface area is 154 Å². The zero-order valence-corrected chi connectivity index (χ0v) is 14.8. The second-order valence-corrected chi connectivity index (χ2v) is 6.28. The number of hydrogen-bond acceptors (Lipinski definition) is 2. The molecular formula is C20H15BrN2O2. The average Bonchev–Trinajstić information content (AvgIpc) is 2.64. The Kier molecular flexibility index (Phi) is 5.26. The molecule has 0 aliphatic heterocycles. The number of carbonyl (C=O) groups is 2. The van der Waals surface area contributed by atoms with Gasteiger partial charge in [0.25, 0.3) is 11.8 Å². The summed E-state index contributed by atoms with van der Waals surface area (Å²) in [4.78, 5) is 24.3. The zero-order valence-electron chi connectivity index (χ0n) is 13.2. The van der Waals surface area contributed by atoms with Crippen molar-refractivity contribution in [3.05, 3.63) is 94.5 Å². The van der Waals surface area contributed by atoms with Gasteiger partial charge in [0.2, 0.25) is 0 Å². The number of halogens is 1. The van der Waals surface area contributed by atoms with E-state index in [9.17, 15) is 9.59 Å². The molecule has 0 spiro atoms. The highest BCUT2D eigenvalue weighted by atomic mass is 79.9. The quantitative estimate of drug-likeness (QED) is 0.657. The normalized spacial score (nSPS) is 10.1. The van der Waals surface area contributed by atoms with Crippen molar-refractivity contribution in [2.45, 2.75) is 0 Å². The van der Waals surface area contributed by atoms with Gasteiger partial charge in [-0.2, -0.15) is 0 Å². The fourth-order valence-electron chi connectivity index (χ4n) is 2.26. The number of hydrogen-bond donors (Lipinski definition) is 2. The molecule has 0 radical (unpaired) electrons.